The van der Waals surface area contributed by atoms with Crippen LogP contribution in [0.15, 0.2) is 6.20 Å². The molecule has 1 saturated heterocycles. The minimum absolute atomic E-state index is 0.0524. The molecular formula is C17H26N8O. The van der Waals surface area contributed by atoms with Crippen LogP contribution >= 0.6 is 0 Å². The van der Waals surface area contributed by atoms with Crippen LogP contribution in [0.2, 0.25) is 0 Å². The van der Waals surface area contributed by atoms with Crippen molar-refractivity contribution in [1.82, 2.24) is 40.0 Å². The zero-order valence-electron chi connectivity index (χ0n) is 15.3. The Morgan fingerprint density at radius 1 is 1.23 bits per heavy atom. The van der Waals surface area contributed by atoms with Crippen LogP contribution in [0.25, 0.3) is 0 Å². The van der Waals surface area contributed by atoms with Gasteiger partial charge in [0, 0.05) is 38.6 Å². The molecule has 4 rings (SSSR count). The maximum atomic E-state index is 12.8. The zero-order chi connectivity index (χ0) is 17.9. The van der Waals surface area contributed by atoms with E-state index in [4.69, 9.17) is 0 Å². The van der Waals surface area contributed by atoms with Crippen LogP contribution in [0, 0.1) is 6.92 Å². The molecule has 1 unspecified atom stereocenters. The second-order valence-corrected chi connectivity index (χ2v) is 7.16. The second kappa shape index (κ2) is 7.53. The van der Waals surface area contributed by atoms with Crippen molar-refractivity contribution in [3.8, 4) is 0 Å². The van der Waals surface area contributed by atoms with E-state index in [0.29, 0.717) is 31.2 Å². The third-order valence-corrected chi connectivity index (χ3v) is 5.38. The first-order valence-corrected chi connectivity index (χ1v) is 9.52. The van der Waals surface area contributed by atoms with Gasteiger partial charge in [-0.15, -0.1) is 15.3 Å². The van der Waals surface area contributed by atoms with Gasteiger partial charge < -0.3 is 14.8 Å². The molecule has 26 heavy (non-hydrogen) atoms. The van der Waals surface area contributed by atoms with Crippen molar-refractivity contribution in [3.05, 3.63) is 23.5 Å². The Balaban J connectivity index is 1.34. The van der Waals surface area contributed by atoms with Gasteiger partial charge >= 0.3 is 0 Å². The van der Waals surface area contributed by atoms with Crippen molar-refractivity contribution < 1.29 is 4.79 Å². The van der Waals surface area contributed by atoms with Crippen LogP contribution in [0.3, 0.4) is 0 Å². The lowest BCUT2D eigenvalue weighted by Crippen LogP contribution is -2.34. The number of carbonyl (C=O) groups is 1. The quantitative estimate of drug-likeness (QED) is 0.851. The lowest BCUT2D eigenvalue weighted by Gasteiger charge is -2.23. The number of amides is 1. The number of nitrogens with zero attached hydrogens (tertiary/aromatic N) is 7. The molecule has 140 valence electrons. The number of fused-ring (bicyclic) bond motifs is 1. The molecule has 2 aliphatic rings. The number of hydrogen-bond acceptors (Lipinski definition) is 6. The van der Waals surface area contributed by atoms with Crippen molar-refractivity contribution in [2.75, 3.05) is 19.6 Å². The minimum Gasteiger partial charge on any atom is -0.335 e. The van der Waals surface area contributed by atoms with Crippen molar-refractivity contribution in [2.45, 2.75) is 58.2 Å². The summed E-state index contributed by atoms with van der Waals surface area (Å²) in [5, 5.41) is 20.1. The average Bonchev–Trinajstić information content (AvgIpc) is 3.21. The van der Waals surface area contributed by atoms with E-state index >= 15 is 0 Å². The number of piperidine rings is 1. The highest BCUT2D eigenvalue weighted by atomic mass is 16.2. The summed E-state index contributed by atoms with van der Waals surface area (Å²) in [7, 11) is 0. The highest BCUT2D eigenvalue weighted by Gasteiger charge is 2.23. The summed E-state index contributed by atoms with van der Waals surface area (Å²) in [6.07, 6.45) is 7.30. The Morgan fingerprint density at radius 2 is 2.15 bits per heavy atom. The SMILES string of the molecule is Cc1nnc2n1CCN(C(=O)c1cn(CCC3CCCCN3)nn1)CC2. The Hall–Kier alpha value is -2.29. The molecule has 0 aliphatic carbocycles. The first-order chi connectivity index (χ1) is 12.7. The zero-order valence-corrected chi connectivity index (χ0v) is 15.3. The number of rotatable bonds is 4. The molecule has 9 nitrogen and oxygen atoms in total. The van der Waals surface area contributed by atoms with E-state index in [1.54, 1.807) is 10.9 Å². The van der Waals surface area contributed by atoms with Crippen LogP contribution < -0.4 is 5.32 Å². The molecule has 0 bridgehead atoms. The van der Waals surface area contributed by atoms with Crippen LogP contribution in [0.4, 0.5) is 0 Å². The molecule has 1 amide bonds. The van der Waals surface area contributed by atoms with Gasteiger partial charge in [-0.25, -0.2) is 0 Å². The number of carbonyl (C=O) groups excluding carboxylic acids is 1. The summed E-state index contributed by atoms with van der Waals surface area (Å²) in [6, 6.07) is 0.553. The Kier molecular flexibility index (Phi) is 4.96. The number of nitrogens with one attached hydrogen (secondary N) is 1. The lowest BCUT2D eigenvalue weighted by molar-refractivity contribution is 0.0752. The fraction of sp³-hybridized carbons (Fsp3) is 0.706. The first-order valence-electron chi connectivity index (χ1n) is 9.52. The number of hydrogen-bond donors (Lipinski definition) is 1. The van der Waals surface area contributed by atoms with E-state index in [1.807, 2.05) is 11.8 Å². The van der Waals surface area contributed by atoms with Gasteiger partial charge in [0.1, 0.15) is 11.6 Å². The summed E-state index contributed by atoms with van der Waals surface area (Å²) in [6.45, 7) is 5.84. The van der Waals surface area contributed by atoms with Gasteiger partial charge in [0.05, 0.1) is 6.20 Å². The molecule has 1 fully saturated rings. The fourth-order valence-electron chi connectivity index (χ4n) is 3.80. The van der Waals surface area contributed by atoms with E-state index in [9.17, 15) is 4.79 Å². The molecule has 0 saturated carbocycles. The van der Waals surface area contributed by atoms with Crippen molar-refractivity contribution in [3.63, 3.8) is 0 Å². The normalized spacial score (nSPS) is 20.7. The Labute approximate surface area is 152 Å². The second-order valence-electron chi connectivity index (χ2n) is 7.16. The van der Waals surface area contributed by atoms with E-state index in [0.717, 1.165) is 37.7 Å². The number of aromatic nitrogens is 6. The van der Waals surface area contributed by atoms with Gasteiger partial charge in [0.2, 0.25) is 0 Å². The van der Waals surface area contributed by atoms with Gasteiger partial charge in [-0.3, -0.25) is 9.48 Å². The molecule has 1 N–H and O–H groups in total. The van der Waals surface area contributed by atoms with Gasteiger partial charge in [0.15, 0.2) is 5.69 Å². The van der Waals surface area contributed by atoms with Crippen LogP contribution in [-0.2, 0) is 19.5 Å². The molecule has 9 heteroatoms. The maximum absolute atomic E-state index is 12.8. The predicted octanol–water partition coefficient (Wildman–Crippen LogP) is 0.409. The predicted molar refractivity (Wildman–Crippen MR) is 94.6 cm³/mol. The van der Waals surface area contributed by atoms with E-state index in [-0.39, 0.29) is 5.91 Å². The monoisotopic (exact) mass is 358 g/mol. The molecule has 2 aromatic rings. The molecule has 0 aromatic carbocycles. The smallest absolute Gasteiger partial charge is 0.276 e. The average molecular weight is 358 g/mol. The molecule has 1 atom stereocenters. The highest BCUT2D eigenvalue weighted by Crippen LogP contribution is 2.13. The first kappa shape index (κ1) is 17.1. The van der Waals surface area contributed by atoms with Crippen molar-refractivity contribution in [1.29, 1.82) is 0 Å². The summed E-state index contributed by atoms with van der Waals surface area (Å²) in [5.74, 6) is 1.79. The van der Waals surface area contributed by atoms with E-state index < -0.39 is 0 Å². The van der Waals surface area contributed by atoms with Gasteiger partial charge in [-0.1, -0.05) is 11.6 Å². The highest BCUT2D eigenvalue weighted by molar-refractivity contribution is 5.91. The molecule has 2 aromatic heterocycles. The molecule has 0 radical (unpaired) electrons. The van der Waals surface area contributed by atoms with E-state index in [2.05, 4.69) is 30.4 Å². The van der Waals surface area contributed by atoms with Gasteiger partial charge in [-0.2, -0.15) is 0 Å². The largest absolute Gasteiger partial charge is 0.335 e. The third-order valence-electron chi connectivity index (χ3n) is 5.38. The third kappa shape index (κ3) is 3.62. The molecule has 4 heterocycles. The maximum Gasteiger partial charge on any atom is 0.276 e. The molecule has 2 aliphatic heterocycles. The van der Waals surface area contributed by atoms with E-state index in [1.165, 1.54) is 19.3 Å². The van der Waals surface area contributed by atoms with Crippen molar-refractivity contribution >= 4 is 5.91 Å². The summed E-state index contributed by atoms with van der Waals surface area (Å²) >= 11 is 0. The summed E-state index contributed by atoms with van der Waals surface area (Å²) in [4.78, 5) is 14.6. The summed E-state index contributed by atoms with van der Waals surface area (Å²) < 4.78 is 3.88. The molecular weight excluding hydrogens is 332 g/mol. The fourth-order valence-corrected chi connectivity index (χ4v) is 3.80. The van der Waals surface area contributed by atoms with Crippen LogP contribution in [0.1, 0.15) is 47.8 Å². The Bertz CT molecular complexity index is 761. The number of aryl methyl sites for hydroxylation is 2. The Morgan fingerprint density at radius 3 is 3.00 bits per heavy atom. The van der Waals surface area contributed by atoms with Gasteiger partial charge in [0.25, 0.3) is 5.91 Å². The minimum atomic E-state index is -0.0524. The van der Waals surface area contributed by atoms with Gasteiger partial charge in [-0.05, 0) is 32.7 Å². The summed E-state index contributed by atoms with van der Waals surface area (Å²) in [5.41, 5.74) is 0.427. The standard InChI is InChI=1S/C17H26N8O/c1-13-19-21-16-6-8-23(10-11-25(13)16)17(26)15-12-24(22-20-15)9-5-14-4-2-3-7-18-14/h12,14,18H,2-11H2,1H3. The topological polar surface area (TPSA) is 93.8 Å². The molecule has 0 spiro atoms. The van der Waals surface area contributed by atoms with Crippen LogP contribution in [0.5, 0.6) is 0 Å². The lowest BCUT2D eigenvalue weighted by atomic mass is 10.0. The van der Waals surface area contributed by atoms with Crippen molar-refractivity contribution in [2.24, 2.45) is 0 Å². The van der Waals surface area contributed by atoms with Crippen LogP contribution in [-0.4, -0.2) is 66.2 Å².